The maximum atomic E-state index is 6.39. The van der Waals surface area contributed by atoms with Crippen molar-refractivity contribution in [3.8, 4) is 33.4 Å². The van der Waals surface area contributed by atoms with Crippen molar-refractivity contribution in [2.45, 2.75) is 19.3 Å². The Kier molecular flexibility index (Phi) is 5.51. The summed E-state index contributed by atoms with van der Waals surface area (Å²) < 4.78 is 6.39. The maximum Gasteiger partial charge on any atom is 0.136 e. The van der Waals surface area contributed by atoms with Gasteiger partial charge in [0.05, 0.1) is 0 Å². The number of benzene rings is 9. The Hall–Kier alpha value is -6.18. The third kappa shape index (κ3) is 3.67. The van der Waals surface area contributed by atoms with Gasteiger partial charge in [0.25, 0.3) is 0 Å². The summed E-state index contributed by atoms with van der Waals surface area (Å²) in [6.07, 6.45) is 0. The standard InChI is InChI=1S/C49H32O/c1-49(2)41-25-22-33(28-40(41)38-24-21-30-23-26-43-47(46(30)48(38)49)39-17-9-10-18-42(39)50-43)45-36-15-7-5-13-34(36)44(35-14-6-8-16-37(35)45)32-20-19-29-11-3-4-12-31(29)27-32/h3-28H,1-2H3. The van der Waals surface area contributed by atoms with Gasteiger partial charge in [-0.2, -0.15) is 0 Å². The normalized spacial score (nSPS) is 13.6. The smallest absolute Gasteiger partial charge is 0.136 e. The molecule has 0 amide bonds. The summed E-state index contributed by atoms with van der Waals surface area (Å²) >= 11 is 0. The van der Waals surface area contributed by atoms with Crippen LogP contribution in [-0.2, 0) is 5.41 Å². The molecule has 1 heterocycles. The Labute approximate surface area is 290 Å². The molecule has 1 aliphatic carbocycles. The zero-order valence-electron chi connectivity index (χ0n) is 27.9. The fourth-order valence-corrected chi connectivity index (χ4v) is 9.20. The lowest BCUT2D eigenvalue weighted by Gasteiger charge is -2.24. The number of hydrogen-bond acceptors (Lipinski definition) is 1. The molecule has 0 spiro atoms. The summed E-state index contributed by atoms with van der Waals surface area (Å²) in [5.74, 6) is 0. The van der Waals surface area contributed by atoms with E-state index in [0.29, 0.717) is 0 Å². The van der Waals surface area contributed by atoms with E-state index >= 15 is 0 Å². The molecule has 234 valence electrons. The summed E-state index contributed by atoms with van der Waals surface area (Å²) in [6, 6.07) is 58.1. The number of para-hydroxylation sites is 1. The number of fused-ring (bicyclic) bond motifs is 12. The highest BCUT2D eigenvalue weighted by Crippen LogP contribution is 2.55. The number of rotatable bonds is 2. The van der Waals surface area contributed by atoms with E-state index in [0.717, 1.165) is 11.2 Å². The van der Waals surface area contributed by atoms with Gasteiger partial charge in [0.15, 0.2) is 0 Å². The second kappa shape index (κ2) is 9.94. The van der Waals surface area contributed by atoms with Gasteiger partial charge in [0, 0.05) is 16.2 Å². The van der Waals surface area contributed by atoms with Crippen LogP contribution in [0, 0.1) is 0 Å². The van der Waals surface area contributed by atoms with Crippen molar-refractivity contribution < 1.29 is 4.42 Å². The Morgan fingerprint density at radius 1 is 0.400 bits per heavy atom. The number of hydrogen-bond donors (Lipinski definition) is 0. The van der Waals surface area contributed by atoms with Crippen molar-refractivity contribution in [3.05, 3.63) is 169 Å². The molecule has 1 nitrogen and oxygen atoms in total. The lowest BCUT2D eigenvalue weighted by atomic mass is 9.79. The van der Waals surface area contributed by atoms with E-state index in [1.54, 1.807) is 0 Å². The molecule has 1 aromatic heterocycles. The Balaban J connectivity index is 1.19. The summed E-state index contributed by atoms with van der Waals surface area (Å²) in [7, 11) is 0. The van der Waals surface area contributed by atoms with Gasteiger partial charge < -0.3 is 4.42 Å². The molecule has 0 saturated heterocycles. The summed E-state index contributed by atoms with van der Waals surface area (Å²) in [4.78, 5) is 0. The highest BCUT2D eigenvalue weighted by atomic mass is 16.3. The van der Waals surface area contributed by atoms with E-state index in [1.807, 2.05) is 0 Å². The molecule has 0 radical (unpaired) electrons. The topological polar surface area (TPSA) is 13.1 Å². The van der Waals surface area contributed by atoms with Crippen LogP contribution in [0.3, 0.4) is 0 Å². The first kappa shape index (κ1) is 27.7. The van der Waals surface area contributed by atoms with Crippen LogP contribution in [-0.4, -0.2) is 0 Å². The Morgan fingerprint density at radius 2 is 0.960 bits per heavy atom. The van der Waals surface area contributed by atoms with Gasteiger partial charge in [0.2, 0.25) is 0 Å². The molecule has 0 bridgehead atoms. The van der Waals surface area contributed by atoms with Crippen LogP contribution in [0.5, 0.6) is 0 Å². The molecule has 9 aromatic carbocycles. The highest BCUT2D eigenvalue weighted by molar-refractivity contribution is 6.23. The predicted molar refractivity (Wildman–Crippen MR) is 212 cm³/mol. The van der Waals surface area contributed by atoms with Gasteiger partial charge in [0.1, 0.15) is 11.2 Å². The second-order valence-corrected chi connectivity index (χ2v) is 14.4. The van der Waals surface area contributed by atoms with Crippen molar-refractivity contribution in [2.24, 2.45) is 0 Å². The third-order valence-electron chi connectivity index (χ3n) is 11.4. The van der Waals surface area contributed by atoms with E-state index in [9.17, 15) is 0 Å². The molecular formula is C49H32O. The van der Waals surface area contributed by atoms with Crippen LogP contribution in [0.1, 0.15) is 25.0 Å². The average molecular weight is 637 g/mol. The molecule has 50 heavy (non-hydrogen) atoms. The van der Waals surface area contributed by atoms with Crippen LogP contribution in [0.4, 0.5) is 0 Å². The summed E-state index contributed by atoms with van der Waals surface area (Å²) in [6.45, 7) is 4.78. The van der Waals surface area contributed by atoms with Crippen LogP contribution < -0.4 is 0 Å². The van der Waals surface area contributed by atoms with Crippen LogP contribution in [0.2, 0.25) is 0 Å². The molecule has 0 unspecified atom stereocenters. The predicted octanol–water partition coefficient (Wildman–Crippen LogP) is 13.8. The van der Waals surface area contributed by atoms with Crippen molar-refractivity contribution in [3.63, 3.8) is 0 Å². The molecule has 0 saturated carbocycles. The van der Waals surface area contributed by atoms with Gasteiger partial charge in [-0.25, -0.2) is 0 Å². The minimum atomic E-state index is -0.181. The molecule has 1 heteroatoms. The average Bonchev–Trinajstić information content (AvgIpc) is 3.65. The molecule has 0 aliphatic heterocycles. The SMILES string of the molecule is CC1(C)c2ccc(-c3c4ccccc4c(-c4ccc5ccccc5c4)c4ccccc34)cc2-c2ccc3ccc4oc5ccccc5c4c3c21. The van der Waals surface area contributed by atoms with Gasteiger partial charge >= 0.3 is 0 Å². The molecule has 1 aliphatic rings. The van der Waals surface area contributed by atoms with Gasteiger partial charge in [-0.3, -0.25) is 0 Å². The zero-order valence-corrected chi connectivity index (χ0v) is 27.9. The quantitative estimate of drug-likeness (QED) is 0.172. The fourth-order valence-electron chi connectivity index (χ4n) is 9.20. The van der Waals surface area contributed by atoms with Crippen molar-refractivity contribution in [1.29, 1.82) is 0 Å². The first-order valence-corrected chi connectivity index (χ1v) is 17.5. The summed E-state index contributed by atoms with van der Waals surface area (Å²) in [5, 5.41) is 12.6. The first-order valence-electron chi connectivity index (χ1n) is 17.5. The highest BCUT2D eigenvalue weighted by Gasteiger charge is 2.38. The minimum Gasteiger partial charge on any atom is -0.456 e. The van der Waals surface area contributed by atoms with Gasteiger partial charge in [-0.05, 0) is 112 Å². The lowest BCUT2D eigenvalue weighted by Crippen LogP contribution is -2.15. The first-order chi connectivity index (χ1) is 24.6. The fraction of sp³-hybridized carbons (Fsp3) is 0.0612. The second-order valence-electron chi connectivity index (χ2n) is 14.4. The molecule has 0 atom stereocenters. The van der Waals surface area contributed by atoms with Gasteiger partial charge in [-0.1, -0.05) is 147 Å². The third-order valence-corrected chi connectivity index (χ3v) is 11.4. The molecule has 11 rings (SSSR count). The van der Waals surface area contributed by atoms with E-state index in [1.165, 1.54) is 98.4 Å². The summed E-state index contributed by atoms with van der Waals surface area (Å²) in [5.41, 5.74) is 12.2. The van der Waals surface area contributed by atoms with Crippen molar-refractivity contribution >= 4 is 65.0 Å². The monoisotopic (exact) mass is 636 g/mol. The molecule has 0 fully saturated rings. The minimum absolute atomic E-state index is 0.181. The molecular weight excluding hydrogens is 605 g/mol. The van der Waals surface area contributed by atoms with E-state index in [2.05, 4.69) is 172 Å². The Bertz CT molecular complexity index is 3010. The Morgan fingerprint density at radius 3 is 1.68 bits per heavy atom. The van der Waals surface area contributed by atoms with Crippen LogP contribution in [0.25, 0.3) is 98.4 Å². The van der Waals surface area contributed by atoms with Crippen molar-refractivity contribution in [1.82, 2.24) is 0 Å². The molecule has 0 N–H and O–H groups in total. The number of furan rings is 1. The lowest BCUT2D eigenvalue weighted by molar-refractivity contribution is 0.665. The van der Waals surface area contributed by atoms with Crippen LogP contribution in [0.15, 0.2) is 162 Å². The van der Waals surface area contributed by atoms with E-state index in [-0.39, 0.29) is 5.41 Å². The van der Waals surface area contributed by atoms with Crippen LogP contribution >= 0.6 is 0 Å². The van der Waals surface area contributed by atoms with Crippen molar-refractivity contribution in [2.75, 3.05) is 0 Å². The molecule has 10 aromatic rings. The zero-order chi connectivity index (χ0) is 33.1. The largest absolute Gasteiger partial charge is 0.456 e. The maximum absolute atomic E-state index is 6.39. The van der Waals surface area contributed by atoms with E-state index < -0.39 is 0 Å². The van der Waals surface area contributed by atoms with Gasteiger partial charge in [-0.15, -0.1) is 0 Å². The van der Waals surface area contributed by atoms with E-state index in [4.69, 9.17) is 4.42 Å².